The lowest BCUT2D eigenvalue weighted by Gasteiger charge is -2.36. The number of ether oxygens (including phenoxy) is 3. The normalized spacial score (nSPS) is 21.6. The molecule has 0 radical (unpaired) electrons. The Hall–Kier alpha value is -1.13. The molecule has 6 heteroatoms. The molecule has 0 N–H and O–H groups in total. The number of esters is 1. The van der Waals surface area contributed by atoms with E-state index in [4.69, 9.17) is 18.6 Å². The van der Waals surface area contributed by atoms with Crippen LogP contribution in [0.25, 0.3) is 0 Å². The molecular weight excluding hydrogens is 336 g/mol. The molecule has 0 aromatic rings. The van der Waals surface area contributed by atoms with Crippen LogP contribution in [0.3, 0.4) is 0 Å². The van der Waals surface area contributed by atoms with E-state index >= 15 is 0 Å². The summed E-state index contributed by atoms with van der Waals surface area (Å²) < 4.78 is 22.1. The molecule has 0 amide bonds. The molecule has 142 valence electrons. The van der Waals surface area contributed by atoms with Gasteiger partial charge in [-0.2, -0.15) is 0 Å². The fourth-order valence-corrected chi connectivity index (χ4v) is 2.92. The zero-order valence-electron chi connectivity index (χ0n) is 16.6. The van der Waals surface area contributed by atoms with Crippen molar-refractivity contribution in [3.05, 3.63) is 11.6 Å². The van der Waals surface area contributed by atoms with Crippen LogP contribution in [-0.2, 0) is 23.4 Å². The summed E-state index contributed by atoms with van der Waals surface area (Å²) in [5, 5.41) is 0.177. The summed E-state index contributed by atoms with van der Waals surface area (Å²) in [6.45, 7) is 15.7. The number of carbonyl (C=O) groups is 1. The number of rotatable bonds is 7. The first-order chi connectivity index (χ1) is 11.6. The maximum atomic E-state index is 12.1. The van der Waals surface area contributed by atoms with Crippen molar-refractivity contribution in [2.45, 2.75) is 71.4 Å². The topological polar surface area (TPSA) is 54.0 Å². The molecule has 0 aromatic carbocycles. The van der Waals surface area contributed by atoms with Crippen LogP contribution >= 0.6 is 0 Å². The van der Waals surface area contributed by atoms with Gasteiger partial charge in [-0.15, -0.1) is 11.8 Å². The van der Waals surface area contributed by atoms with Crippen LogP contribution in [0.15, 0.2) is 11.6 Å². The minimum absolute atomic E-state index is 0.102. The van der Waals surface area contributed by atoms with Gasteiger partial charge in [0.25, 0.3) is 0 Å². The van der Waals surface area contributed by atoms with Gasteiger partial charge < -0.3 is 18.6 Å². The molecular formula is C19H32O5Si. The molecule has 0 saturated carbocycles. The van der Waals surface area contributed by atoms with Crippen molar-refractivity contribution >= 4 is 14.3 Å². The highest BCUT2D eigenvalue weighted by molar-refractivity contribution is 6.74. The summed E-state index contributed by atoms with van der Waals surface area (Å²) in [7, 11) is -1.77. The highest BCUT2D eigenvalue weighted by Gasteiger charge is 2.37. The van der Waals surface area contributed by atoms with Gasteiger partial charge in [-0.3, -0.25) is 0 Å². The molecule has 5 nitrogen and oxygen atoms in total. The second-order valence-electron chi connectivity index (χ2n) is 7.77. The van der Waals surface area contributed by atoms with E-state index < -0.39 is 20.4 Å². The molecule has 1 heterocycles. The van der Waals surface area contributed by atoms with Crippen LogP contribution < -0.4 is 0 Å². The zero-order valence-corrected chi connectivity index (χ0v) is 17.6. The van der Waals surface area contributed by atoms with E-state index in [0.717, 1.165) is 5.57 Å². The maximum absolute atomic E-state index is 12.1. The van der Waals surface area contributed by atoms with Gasteiger partial charge in [0.15, 0.2) is 14.4 Å². The fraction of sp³-hybridized carbons (Fsp3) is 0.737. The fourth-order valence-electron chi connectivity index (χ4n) is 1.90. The molecule has 1 rings (SSSR count). The smallest absolute Gasteiger partial charge is 0.338 e. The molecule has 2 atom stereocenters. The summed E-state index contributed by atoms with van der Waals surface area (Å²) in [5.74, 6) is 5.29. The first-order valence-corrected chi connectivity index (χ1v) is 11.6. The van der Waals surface area contributed by atoms with Crippen LogP contribution in [0, 0.1) is 11.8 Å². The van der Waals surface area contributed by atoms with E-state index in [2.05, 4.69) is 45.7 Å². The predicted molar refractivity (Wildman–Crippen MR) is 101 cm³/mol. The van der Waals surface area contributed by atoms with Crippen molar-refractivity contribution < 1.29 is 23.4 Å². The minimum atomic E-state index is -1.77. The SMILES string of the molecule is CC#CC[C@H]1OCO[C@@H]1C(=O)OC/C=C(/C)CO[Si](C)(C)C(C)(C)C. The van der Waals surface area contributed by atoms with Crippen molar-refractivity contribution in [3.8, 4) is 11.8 Å². The first kappa shape index (κ1) is 21.9. The van der Waals surface area contributed by atoms with E-state index in [9.17, 15) is 4.79 Å². The van der Waals surface area contributed by atoms with Gasteiger partial charge in [0.05, 0.1) is 6.61 Å². The summed E-state index contributed by atoms with van der Waals surface area (Å²) in [6, 6.07) is 0. The van der Waals surface area contributed by atoms with Gasteiger partial charge >= 0.3 is 5.97 Å². The molecule has 1 aliphatic heterocycles. The summed E-state index contributed by atoms with van der Waals surface area (Å²) in [5.41, 5.74) is 1.05. The number of carbonyl (C=O) groups excluding carboxylic acids is 1. The summed E-state index contributed by atoms with van der Waals surface area (Å²) >= 11 is 0. The molecule has 0 aromatic heterocycles. The molecule has 0 bridgehead atoms. The lowest BCUT2D eigenvalue weighted by molar-refractivity contribution is -0.153. The van der Waals surface area contributed by atoms with E-state index in [-0.39, 0.29) is 24.5 Å². The zero-order chi connectivity index (χ0) is 19.1. The third kappa shape index (κ3) is 6.94. The molecule has 0 spiro atoms. The Labute approximate surface area is 153 Å². The molecule has 0 aliphatic carbocycles. The lowest BCUT2D eigenvalue weighted by atomic mass is 10.1. The highest BCUT2D eigenvalue weighted by Crippen LogP contribution is 2.36. The first-order valence-electron chi connectivity index (χ1n) is 8.67. The molecule has 0 unspecified atom stereocenters. The van der Waals surface area contributed by atoms with Gasteiger partial charge in [0.2, 0.25) is 0 Å². The Morgan fingerprint density at radius 2 is 2.00 bits per heavy atom. The molecule has 25 heavy (non-hydrogen) atoms. The van der Waals surface area contributed by atoms with E-state index in [1.54, 1.807) is 6.92 Å². The Morgan fingerprint density at radius 1 is 1.32 bits per heavy atom. The van der Waals surface area contributed by atoms with Crippen molar-refractivity contribution in [2.75, 3.05) is 20.0 Å². The van der Waals surface area contributed by atoms with Gasteiger partial charge in [-0.25, -0.2) is 4.79 Å². The molecule has 1 aliphatic rings. The van der Waals surface area contributed by atoms with Crippen LogP contribution in [0.1, 0.15) is 41.0 Å². The van der Waals surface area contributed by atoms with Gasteiger partial charge in [-0.05, 0) is 43.6 Å². The van der Waals surface area contributed by atoms with Gasteiger partial charge in [0, 0.05) is 6.42 Å². The standard InChI is InChI=1S/C19H32O5Si/c1-8-9-10-16-17(23-14-22-16)18(20)21-12-11-15(2)13-24-25(6,7)19(3,4)5/h11,16-17H,10,12-14H2,1-7H3/b15-11-/t16-,17+/m1/s1. The van der Waals surface area contributed by atoms with Gasteiger partial charge in [0.1, 0.15) is 19.5 Å². The maximum Gasteiger partial charge on any atom is 0.338 e. The van der Waals surface area contributed by atoms with E-state index in [1.165, 1.54) is 0 Å². The van der Waals surface area contributed by atoms with Gasteiger partial charge in [-0.1, -0.05) is 20.8 Å². The van der Waals surface area contributed by atoms with Crippen LogP contribution in [0.2, 0.25) is 18.1 Å². The van der Waals surface area contributed by atoms with E-state index in [0.29, 0.717) is 13.0 Å². The Bertz CT molecular complexity index is 536. The Balaban J connectivity index is 2.42. The molecule has 1 fully saturated rings. The van der Waals surface area contributed by atoms with E-state index in [1.807, 2.05) is 13.0 Å². The summed E-state index contributed by atoms with van der Waals surface area (Å²) in [6.07, 6.45) is 1.29. The average molecular weight is 369 g/mol. The second-order valence-corrected chi connectivity index (χ2v) is 12.6. The summed E-state index contributed by atoms with van der Waals surface area (Å²) in [4.78, 5) is 12.1. The van der Waals surface area contributed by atoms with Crippen molar-refractivity contribution in [1.29, 1.82) is 0 Å². The van der Waals surface area contributed by atoms with Crippen molar-refractivity contribution in [1.82, 2.24) is 0 Å². The Morgan fingerprint density at radius 3 is 2.60 bits per heavy atom. The minimum Gasteiger partial charge on any atom is -0.459 e. The van der Waals surface area contributed by atoms with Crippen molar-refractivity contribution in [2.24, 2.45) is 0 Å². The molecule has 1 saturated heterocycles. The Kier molecular flexibility index (Phi) is 8.35. The largest absolute Gasteiger partial charge is 0.459 e. The quantitative estimate of drug-likeness (QED) is 0.297. The highest BCUT2D eigenvalue weighted by atomic mass is 28.4. The monoisotopic (exact) mass is 368 g/mol. The van der Waals surface area contributed by atoms with Crippen LogP contribution in [-0.4, -0.2) is 46.5 Å². The predicted octanol–water partition coefficient (Wildman–Crippen LogP) is 3.65. The average Bonchev–Trinajstić information content (AvgIpc) is 2.98. The van der Waals surface area contributed by atoms with Crippen LogP contribution in [0.5, 0.6) is 0 Å². The second kappa shape index (κ2) is 9.53. The third-order valence-electron chi connectivity index (χ3n) is 4.70. The van der Waals surface area contributed by atoms with Crippen molar-refractivity contribution in [3.63, 3.8) is 0 Å². The number of hydrogen-bond donors (Lipinski definition) is 0. The van der Waals surface area contributed by atoms with Crippen LogP contribution in [0.4, 0.5) is 0 Å². The third-order valence-corrected chi connectivity index (χ3v) is 9.18. The lowest BCUT2D eigenvalue weighted by Crippen LogP contribution is -2.41. The number of hydrogen-bond acceptors (Lipinski definition) is 5.